The Balaban J connectivity index is 1.94. The Bertz CT molecular complexity index is 592. The van der Waals surface area contributed by atoms with Crippen molar-refractivity contribution >= 4 is 5.96 Å². The summed E-state index contributed by atoms with van der Waals surface area (Å²) in [7, 11) is 2.18. The molecule has 6 heteroatoms. The lowest BCUT2D eigenvalue weighted by Gasteiger charge is -2.16. The van der Waals surface area contributed by atoms with Gasteiger partial charge in [0.05, 0.1) is 13.2 Å². The molecule has 0 bridgehead atoms. The Hall–Kier alpha value is -1.79. The third-order valence-corrected chi connectivity index (χ3v) is 4.71. The molecule has 0 amide bonds. The van der Waals surface area contributed by atoms with Crippen LogP contribution in [0.15, 0.2) is 23.2 Å². The van der Waals surface area contributed by atoms with Crippen molar-refractivity contribution in [1.82, 2.24) is 15.5 Å². The van der Waals surface area contributed by atoms with Crippen molar-refractivity contribution in [2.75, 3.05) is 53.0 Å². The van der Waals surface area contributed by atoms with Crippen molar-refractivity contribution in [2.45, 2.75) is 33.7 Å². The van der Waals surface area contributed by atoms with Gasteiger partial charge in [0.1, 0.15) is 12.4 Å². The first-order chi connectivity index (χ1) is 13.1. The number of nitrogens with zero attached hydrogens (tertiary/aromatic N) is 2. The molecular weight excluding hydrogens is 340 g/mol. The van der Waals surface area contributed by atoms with E-state index in [-0.39, 0.29) is 0 Å². The predicted octanol–water partition coefficient (Wildman–Crippen LogP) is 2.42. The number of ether oxygens (including phenoxy) is 2. The second kappa shape index (κ2) is 11.8. The Morgan fingerprint density at radius 3 is 2.81 bits per heavy atom. The number of hydrogen-bond acceptors (Lipinski definition) is 4. The van der Waals surface area contributed by atoms with E-state index in [1.165, 1.54) is 18.5 Å². The fraction of sp³-hybridized carbons (Fsp3) is 0.667. The average Bonchev–Trinajstić information content (AvgIpc) is 3.07. The molecule has 0 spiro atoms. The molecule has 1 aliphatic heterocycles. The Kier molecular flexibility index (Phi) is 9.42. The summed E-state index contributed by atoms with van der Waals surface area (Å²) in [6, 6.07) is 6.28. The van der Waals surface area contributed by atoms with Gasteiger partial charge in [-0.05, 0) is 58.3 Å². The number of hydrogen-bond donors (Lipinski definition) is 2. The van der Waals surface area contributed by atoms with Gasteiger partial charge in [0.2, 0.25) is 0 Å². The zero-order chi connectivity index (χ0) is 19.5. The molecule has 1 aliphatic rings. The number of rotatable bonds is 10. The third kappa shape index (κ3) is 7.77. The Labute approximate surface area is 164 Å². The molecule has 0 aromatic heterocycles. The van der Waals surface area contributed by atoms with Crippen molar-refractivity contribution < 1.29 is 9.47 Å². The first-order valence-electron chi connectivity index (χ1n) is 10.1. The first kappa shape index (κ1) is 21.5. The van der Waals surface area contributed by atoms with Crippen LogP contribution in [0, 0.1) is 12.8 Å². The van der Waals surface area contributed by atoms with E-state index in [1.54, 1.807) is 0 Å². The topological polar surface area (TPSA) is 58.1 Å². The van der Waals surface area contributed by atoms with Gasteiger partial charge in [0, 0.05) is 31.8 Å². The molecule has 1 atom stereocenters. The van der Waals surface area contributed by atoms with Gasteiger partial charge >= 0.3 is 0 Å². The fourth-order valence-electron chi connectivity index (χ4n) is 3.22. The lowest BCUT2D eigenvalue weighted by molar-refractivity contribution is 0.110. The van der Waals surface area contributed by atoms with Crippen LogP contribution >= 0.6 is 0 Å². The summed E-state index contributed by atoms with van der Waals surface area (Å²) in [5.74, 6) is 2.45. The molecule has 0 radical (unpaired) electrons. The van der Waals surface area contributed by atoms with Crippen molar-refractivity contribution in [3.05, 3.63) is 29.3 Å². The van der Waals surface area contributed by atoms with Crippen LogP contribution in [-0.2, 0) is 11.3 Å². The van der Waals surface area contributed by atoms with Crippen LogP contribution in [0.1, 0.15) is 31.4 Å². The third-order valence-electron chi connectivity index (χ3n) is 4.71. The molecule has 0 saturated carbocycles. The molecule has 1 fully saturated rings. The maximum Gasteiger partial charge on any atom is 0.191 e. The molecule has 1 heterocycles. The number of aliphatic imine (C=N–C) groups is 1. The predicted molar refractivity (Wildman–Crippen MR) is 112 cm³/mol. The van der Waals surface area contributed by atoms with Crippen LogP contribution in [0.5, 0.6) is 5.75 Å². The van der Waals surface area contributed by atoms with Crippen LogP contribution < -0.4 is 15.4 Å². The quantitative estimate of drug-likeness (QED) is 0.373. The number of aryl methyl sites for hydroxylation is 1. The van der Waals surface area contributed by atoms with Gasteiger partial charge in [-0.2, -0.15) is 0 Å². The van der Waals surface area contributed by atoms with E-state index in [4.69, 9.17) is 14.5 Å². The monoisotopic (exact) mass is 376 g/mol. The van der Waals surface area contributed by atoms with Gasteiger partial charge in [0.15, 0.2) is 5.96 Å². The minimum Gasteiger partial charge on any atom is -0.491 e. The fourth-order valence-corrected chi connectivity index (χ4v) is 3.22. The van der Waals surface area contributed by atoms with Gasteiger partial charge in [-0.3, -0.25) is 0 Å². The molecular formula is C21H36N4O2. The number of benzene rings is 1. The maximum absolute atomic E-state index is 5.92. The summed E-state index contributed by atoms with van der Waals surface area (Å²) in [5, 5.41) is 6.84. The van der Waals surface area contributed by atoms with E-state index < -0.39 is 0 Å². The van der Waals surface area contributed by atoms with Crippen LogP contribution in [0.25, 0.3) is 0 Å². The summed E-state index contributed by atoms with van der Waals surface area (Å²) in [5.41, 5.74) is 2.28. The second-order valence-electron chi connectivity index (χ2n) is 7.15. The SMILES string of the molecule is CCNC(=NCc1ccc(C)cc1OCCOCC)NCC1CCN(C)C1. The highest BCUT2D eigenvalue weighted by molar-refractivity contribution is 5.79. The number of nitrogens with one attached hydrogen (secondary N) is 2. The van der Waals surface area contributed by atoms with Gasteiger partial charge in [-0.15, -0.1) is 0 Å². The van der Waals surface area contributed by atoms with E-state index in [0.717, 1.165) is 36.9 Å². The van der Waals surface area contributed by atoms with Crippen molar-refractivity contribution in [3.8, 4) is 5.75 Å². The first-order valence-corrected chi connectivity index (χ1v) is 10.1. The van der Waals surface area contributed by atoms with E-state index in [0.29, 0.717) is 32.3 Å². The molecule has 1 aromatic rings. The van der Waals surface area contributed by atoms with Gasteiger partial charge < -0.3 is 25.0 Å². The molecule has 1 saturated heterocycles. The lowest BCUT2D eigenvalue weighted by atomic mass is 10.1. The zero-order valence-corrected chi connectivity index (χ0v) is 17.4. The number of likely N-dealkylation sites (tertiary alicyclic amines) is 1. The Morgan fingerprint density at radius 1 is 1.26 bits per heavy atom. The van der Waals surface area contributed by atoms with Gasteiger partial charge in [0.25, 0.3) is 0 Å². The zero-order valence-electron chi connectivity index (χ0n) is 17.4. The van der Waals surface area contributed by atoms with Gasteiger partial charge in [-0.1, -0.05) is 12.1 Å². The molecule has 2 N–H and O–H groups in total. The highest BCUT2D eigenvalue weighted by Crippen LogP contribution is 2.21. The summed E-state index contributed by atoms with van der Waals surface area (Å²) < 4.78 is 11.3. The molecule has 0 aliphatic carbocycles. The van der Waals surface area contributed by atoms with Crippen molar-refractivity contribution in [1.29, 1.82) is 0 Å². The standard InChI is InChI=1S/C21H36N4O2/c1-5-22-21(23-14-18-9-10-25(4)16-18)24-15-19-8-7-17(3)13-20(19)27-12-11-26-6-2/h7-8,13,18H,5-6,9-12,14-16H2,1-4H3,(H2,22,23,24). The largest absolute Gasteiger partial charge is 0.491 e. The summed E-state index contributed by atoms with van der Waals surface area (Å²) >= 11 is 0. The van der Waals surface area contributed by atoms with Gasteiger partial charge in [-0.25, -0.2) is 4.99 Å². The van der Waals surface area contributed by atoms with E-state index in [9.17, 15) is 0 Å². The Morgan fingerprint density at radius 2 is 2.11 bits per heavy atom. The molecule has 152 valence electrons. The molecule has 27 heavy (non-hydrogen) atoms. The number of guanidine groups is 1. The second-order valence-corrected chi connectivity index (χ2v) is 7.15. The van der Waals surface area contributed by atoms with E-state index in [2.05, 4.69) is 54.6 Å². The summed E-state index contributed by atoms with van der Waals surface area (Å²) in [6.07, 6.45) is 1.25. The minimum absolute atomic E-state index is 0.557. The highest BCUT2D eigenvalue weighted by atomic mass is 16.5. The molecule has 2 rings (SSSR count). The molecule has 1 unspecified atom stereocenters. The summed E-state index contributed by atoms with van der Waals surface area (Å²) in [4.78, 5) is 7.15. The van der Waals surface area contributed by atoms with Crippen LogP contribution in [0.3, 0.4) is 0 Å². The van der Waals surface area contributed by atoms with Crippen LogP contribution in [0.2, 0.25) is 0 Å². The average molecular weight is 377 g/mol. The van der Waals surface area contributed by atoms with Crippen molar-refractivity contribution in [2.24, 2.45) is 10.9 Å². The van der Waals surface area contributed by atoms with E-state index in [1.807, 2.05) is 6.92 Å². The highest BCUT2D eigenvalue weighted by Gasteiger charge is 2.19. The summed E-state index contributed by atoms with van der Waals surface area (Å²) in [6.45, 7) is 12.8. The molecule has 6 nitrogen and oxygen atoms in total. The normalized spacial score (nSPS) is 17.9. The van der Waals surface area contributed by atoms with E-state index >= 15 is 0 Å². The minimum atomic E-state index is 0.557. The maximum atomic E-state index is 5.92. The molecule has 1 aromatic carbocycles. The van der Waals surface area contributed by atoms with Crippen LogP contribution in [0.4, 0.5) is 0 Å². The lowest BCUT2D eigenvalue weighted by Crippen LogP contribution is -2.40. The smallest absolute Gasteiger partial charge is 0.191 e. The van der Waals surface area contributed by atoms with Crippen molar-refractivity contribution in [3.63, 3.8) is 0 Å². The van der Waals surface area contributed by atoms with Crippen LogP contribution in [-0.4, -0.2) is 63.9 Å².